The minimum atomic E-state index is -0.539. The van der Waals surface area contributed by atoms with Crippen molar-refractivity contribution in [3.8, 4) is 0 Å². The fourth-order valence-electron chi connectivity index (χ4n) is 1.03. The SMILES string of the molecule is CC(C)CCc1noc(C(C)(C)N)n1. The van der Waals surface area contributed by atoms with Crippen molar-refractivity contribution in [3.63, 3.8) is 0 Å². The topological polar surface area (TPSA) is 64.9 Å². The predicted octanol–water partition coefficient (Wildman–Crippen LogP) is 1.85. The summed E-state index contributed by atoms with van der Waals surface area (Å²) in [6.07, 6.45) is 1.93. The summed E-state index contributed by atoms with van der Waals surface area (Å²) in [6, 6.07) is 0. The maximum Gasteiger partial charge on any atom is 0.246 e. The summed E-state index contributed by atoms with van der Waals surface area (Å²) in [5.74, 6) is 1.92. The van der Waals surface area contributed by atoms with E-state index in [1.807, 2.05) is 13.8 Å². The molecule has 0 saturated heterocycles. The van der Waals surface area contributed by atoms with Gasteiger partial charge in [-0.3, -0.25) is 0 Å². The van der Waals surface area contributed by atoms with Crippen molar-refractivity contribution in [1.29, 1.82) is 0 Å². The molecule has 80 valence electrons. The van der Waals surface area contributed by atoms with Gasteiger partial charge in [0, 0.05) is 6.42 Å². The molecule has 1 aromatic heterocycles. The lowest BCUT2D eigenvalue weighted by Crippen LogP contribution is -2.29. The molecule has 0 bridgehead atoms. The molecular weight excluding hydrogens is 178 g/mol. The summed E-state index contributed by atoms with van der Waals surface area (Å²) in [6.45, 7) is 8.06. The van der Waals surface area contributed by atoms with Crippen LogP contribution in [-0.4, -0.2) is 10.1 Å². The molecule has 1 heterocycles. The number of aromatic nitrogens is 2. The fraction of sp³-hybridized carbons (Fsp3) is 0.800. The van der Waals surface area contributed by atoms with E-state index in [1.165, 1.54) is 0 Å². The van der Waals surface area contributed by atoms with Gasteiger partial charge < -0.3 is 10.3 Å². The lowest BCUT2D eigenvalue weighted by molar-refractivity contribution is 0.309. The number of nitrogens with two attached hydrogens (primary N) is 1. The second-order valence-corrected chi connectivity index (χ2v) is 4.67. The summed E-state index contributed by atoms with van der Waals surface area (Å²) in [7, 11) is 0. The van der Waals surface area contributed by atoms with Crippen LogP contribution in [0.25, 0.3) is 0 Å². The molecule has 0 amide bonds. The lowest BCUT2D eigenvalue weighted by Gasteiger charge is -2.10. The number of nitrogens with zero attached hydrogens (tertiary/aromatic N) is 2. The molecule has 14 heavy (non-hydrogen) atoms. The average Bonchev–Trinajstić information content (AvgIpc) is 2.47. The smallest absolute Gasteiger partial charge is 0.246 e. The Morgan fingerprint density at radius 3 is 2.50 bits per heavy atom. The number of aryl methyl sites for hydroxylation is 1. The Balaban J connectivity index is 2.60. The molecule has 1 aromatic rings. The van der Waals surface area contributed by atoms with Crippen molar-refractivity contribution in [3.05, 3.63) is 11.7 Å². The van der Waals surface area contributed by atoms with Crippen molar-refractivity contribution in [2.45, 2.75) is 46.1 Å². The van der Waals surface area contributed by atoms with Crippen molar-refractivity contribution < 1.29 is 4.52 Å². The Morgan fingerprint density at radius 2 is 2.07 bits per heavy atom. The van der Waals surface area contributed by atoms with Crippen molar-refractivity contribution >= 4 is 0 Å². The van der Waals surface area contributed by atoms with Crippen molar-refractivity contribution in [2.75, 3.05) is 0 Å². The molecule has 0 spiro atoms. The van der Waals surface area contributed by atoms with Gasteiger partial charge in [0.25, 0.3) is 0 Å². The number of rotatable bonds is 4. The summed E-state index contributed by atoms with van der Waals surface area (Å²) in [5, 5.41) is 3.89. The van der Waals surface area contributed by atoms with E-state index in [1.54, 1.807) is 0 Å². The summed E-state index contributed by atoms with van der Waals surface area (Å²) in [4.78, 5) is 4.25. The highest BCUT2D eigenvalue weighted by atomic mass is 16.5. The van der Waals surface area contributed by atoms with Gasteiger partial charge in [-0.1, -0.05) is 19.0 Å². The summed E-state index contributed by atoms with van der Waals surface area (Å²) < 4.78 is 5.08. The molecule has 2 N–H and O–H groups in total. The van der Waals surface area contributed by atoms with E-state index in [0.29, 0.717) is 11.8 Å². The zero-order chi connectivity index (χ0) is 10.8. The van der Waals surface area contributed by atoms with Gasteiger partial charge in [0.1, 0.15) is 0 Å². The molecule has 0 aromatic carbocycles. The van der Waals surface area contributed by atoms with Crippen LogP contribution in [0.15, 0.2) is 4.52 Å². The highest BCUT2D eigenvalue weighted by molar-refractivity contribution is 4.97. The number of hydrogen-bond donors (Lipinski definition) is 1. The quantitative estimate of drug-likeness (QED) is 0.800. The first kappa shape index (κ1) is 11.2. The van der Waals surface area contributed by atoms with E-state index in [2.05, 4.69) is 24.0 Å². The van der Waals surface area contributed by atoms with Crippen LogP contribution in [-0.2, 0) is 12.0 Å². The average molecular weight is 197 g/mol. The monoisotopic (exact) mass is 197 g/mol. The third kappa shape index (κ3) is 3.10. The molecular formula is C10H19N3O. The Morgan fingerprint density at radius 1 is 1.43 bits per heavy atom. The molecule has 0 saturated carbocycles. The zero-order valence-electron chi connectivity index (χ0n) is 9.37. The minimum Gasteiger partial charge on any atom is -0.337 e. The van der Waals surface area contributed by atoms with E-state index in [4.69, 9.17) is 10.3 Å². The molecule has 0 fully saturated rings. The standard InChI is InChI=1S/C10H19N3O/c1-7(2)5-6-8-12-9(14-13-8)10(3,4)11/h7H,5-6,11H2,1-4H3. The molecule has 0 aliphatic carbocycles. The van der Waals surface area contributed by atoms with Gasteiger partial charge >= 0.3 is 0 Å². The normalized spacial score (nSPS) is 12.4. The second-order valence-electron chi connectivity index (χ2n) is 4.67. The van der Waals surface area contributed by atoms with E-state index >= 15 is 0 Å². The van der Waals surface area contributed by atoms with E-state index in [9.17, 15) is 0 Å². The zero-order valence-corrected chi connectivity index (χ0v) is 9.37. The van der Waals surface area contributed by atoms with Crippen LogP contribution in [0.2, 0.25) is 0 Å². The molecule has 0 unspecified atom stereocenters. The largest absolute Gasteiger partial charge is 0.337 e. The lowest BCUT2D eigenvalue weighted by atomic mass is 10.1. The first-order valence-electron chi connectivity index (χ1n) is 5.01. The maximum absolute atomic E-state index is 5.83. The Hall–Kier alpha value is -0.900. The van der Waals surface area contributed by atoms with E-state index in [-0.39, 0.29) is 0 Å². The van der Waals surface area contributed by atoms with Gasteiger partial charge in [-0.15, -0.1) is 0 Å². The second kappa shape index (κ2) is 4.09. The third-order valence-corrected chi connectivity index (χ3v) is 1.96. The van der Waals surface area contributed by atoms with Crippen LogP contribution >= 0.6 is 0 Å². The number of hydrogen-bond acceptors (Lipinski definition) is 4. The van der Waals surface area contributed by atoms with E-state index < -0.39 is 5.54 Å². The van der Waals surface area contributed by atoms with Gasteiger partial charge in [-0.25, -0.2) is 0 Å². The Bertz CT molecular complexity index is 286. The molecule has 1 rings (SSSR count). The van der Waals surface area contributed by atoms with Gasteiger partial charge in [-0.2, -0.15) is 4.98 Å². The van der Waals surface area contributed by atoms with E-state index in [0.717, 1.165) is 18.7 Å². The van der Waals surface area contributed by atoms with Crippen LogP contribution < -0.4 is 5.73 Å². The van der Waals surface area contributed by atoms with Crippen LogP contribution in [0.1, 0.15) is 45.8 Å². The molecule has 0 aliphatic heterocycles. The van der Waals surface area contributed by atoms with Gasteiger partial charge in [0.05, 0.1) is 5.54 Å². The van der Waals surface area contributed by atoms with Gasteiger partial charge in [0.2, 0.25) is 5.89 Å². The maximum atomic E-state index is 5.83. The first-order valence-corrected chi connectivity index (χ1v) is 5.01. The van der Waals surface area contributed by atoms with Gasteiger partial charge in [0.15, 0.2) is 5.82 Å². The fourth-order valence-corrected chi connectivity index (χ4v) is 1.03. The van der Waals surface area contributed by atoms with Gasteiger partial charge in [-0.05, 0) is 26.2 Å². The summed E-state index contributed by atoms with van der Waals surface area (Å²) in [5.41, 5.74) is 5.29. The minimum absolute atomic E-state index is 0.510. The molecule has 0 atom stereocenters. The highest BCUT2D eigenvalue weighted by Gasteiger charge is 2.22. The van der Waals surface area contributed by atoms with Crippen molar-refractivity contribution in [1.82, 2.24) is 10.1 Å². The predicted molar refractivity (Wildman–Crippen MR) is 54.7 cm³/mol. The highest BCUT2D eigenvalue weighted by Crippen LogP contribution is 2.15. The molecule has 4 heteroatoms. The third-order valence-electron chi connectivity index (χ3n) is 1.96. The van der Waals surface area contributed by atoms with Crippen LogP contribution in [0.4, 0.5) is 0 Å². The molecule has 4 nitrogen and oxygen atoms in total. The Labute approximate surface area is 84.9 Å². The van der Waals surface area contributed by atoms with Crippen molar-refractivity contribution in [2.24, 2.45) is 11.7 Å². The van der Waals surface area contributed by atoms with Crippen LogP contribution in [0, 0.1) is 5.92 Å². The first-order chi connectivity index (χ1) is 6.39. The molecule has 0 aliphatic rings. The van der Waals surface area contributed by atoms with Crippen LogP contribution in [0.3, 0.4) is 0 Å². The summed E-state index contributed by atoms with van der Waals surface area (Å²) >= 11 is 0. The molecule has 0 radical (unpaired) electrons. The van der Waals surface area contributed by atoms with Crippen LogP contribution in [0.5, 0.6) is 0 Å². The Kier molecular flexibility index (Phi) is 3.26.